The molecule has 0 aliphatic carbocycles. The van der Waals surface area contributed by atoms with E-state index in [2.05, 4.69) is 63.8 Å². The molecule has 140 valence electrons. The van der Waals surface area contributed by atoms with E-state index >= 15 is 0 Å². The average molecular weight is 408 g/mol. The zero-order chi connectivity index (χ0) is 19.3. The molecule has 0 atom stereocenters. The van der Waals surface area contributed by atoms with E-state index in [0.29, 0.717) is 16.6 Å². The van der Waals surface area contributed by atoms with Crippen LogP contribution in [0, 0.1) is 0 Å². The SMILES string of the molecule is Clc1cccc(Cl)c1CN/N=C/c1cn(Cc2ccccc2)c2ccccc12. The van der Waals surface area contributed by atoms with Gasteiger partial charge in [0.1, 0.15) is 0 Å². The molecule has 0 aliphatic rings. The van der Waals surface area contributed by atoms with Crippen molar-refractivity contribution in [3.8, 4) is 0 Å². The van der Waals surface area contributed by atoms with E-state index in [1.54, 1.807) is 0 Å². The van der Waals surface area contributed by atoms with Gasteiger partial charge in [0.25, 0.3) is 0 Å². The Morgan fingerprint density at radius 2 is 1.57 bits per heavy atom. The van der Waals surface area contributed by atoms with Crippen LogP contribution < -0.4 is 5.43 Å². The predicted molar refractivity (Wildman–Crippen MR) is 118 cm³/mol. The number of hydrazone groups is 1. The van der Waals surface area contributed by atoms with E-state index < -0.39 is 0 Å². The first kappa shape index (κ1) is 18.6. The second-order valence-corrected chi connectivity index (χ2v) is 7.32. The van der Waals surface area contributed by atoms with E-state index in [-0.39, 0.29) is 0 Å². The molecule has 3 aromatic carbocycles. The molecule has 0 amide bonds. The number of halogens is 2. The summed E-state index contributed by atoms with van der Waals surface area (Å²) < 4.78 is 2.25. The van der Waals surface area contributed by atoms with Crippen molar-refractivity contribution >= 4 is 40.3 Å². The molecule has 1 aromatic heterocycles. The van der Waals surface area contributed by atoms with Gasteiger partial charge in [-0.3, -0.25) is 0 Å². The van der Waals surface area contributed by atoms with Gasteiger partial charge in [0.15, 0.2) is 0 Å². The molecule has 28 heavy (non-hydrogen) atoms. The van der Waals surface area contributed by atoms with Gasteiger partial charge in [0, 0.05) is 44.8 Å². The van der Waals surface area contributed by atoms with Gasteiger partial charge in [-0.15, -0.1) is 0 Å². The lowest BCUT2D eigenvalue weighted by Gasteiger charge is -2.05. The predicted octanol–water partition coefficient (Wildman–Crippen LogP) is 6.12. The van der Waals surface area contributed by atoms with E-state index in [4.69, 9.17) is 23.2 Å². The third-order valence-corrected chi connectivity index (χ3v) is 5.34. The standard InChI is InChI=1S/C23H19Cl2N3/c24-21-10-6-11-22(25)20(21)14-27-26-13-18-16-28(15-17-7-2-1-3-8-17)23-12-5-4-9-19(18)23/h1-13,16,27H,14-15H2/b26-13+. The van der Waals surface area contributed by atoms with Crippen molar-refractivity contribution in [2.45, 2.75) is 13.1 Å². The zero-order valence-electron chi connectivity index (χ0n) is 15.1. The van der Waals surface area contributed by atoms with Crippen molar-refractivity contribution in [2.75, 3.05) is 0 Å². The van der Waals surface area contributed by atoms with Crippen molar-refractivity contribution < 1.29 is 0 Å². The molecule has 1 heterocycles. The minimum atomic E-state index is 0.470. The molecule has 4 aromatic rings. The quantitative estimate of drug-likeness (QED) is 0.302. The summed E-state index contributed by atoms with van der Waals surface area (Å²) in [5.41, 5.74) is 7.39. The molecular weight excluding hydrogens is 389 g/mol. The van der Waals surface area contributed by atoms with Crippen molar-refractivity contribution in [3.63, 3.8) is 0 Å². The topological polar surface area (TPSA) is 29.3 Å². The summed E-state index contributed by atoms with van der Waals surface area (Å²) in [6, 6.07) is 24.3. The maximum Gasteiger partial charge on any atom is 0.0609 e. The number of aromatic nitrogens is 1. The van der Waals surface area contributed by atoms with E-state index in [1.807, 2.05) is 36.5 Å². The Hall–Kier alpha value is -2.75. The molecule has 5 heteroatoms. The molecular formula is C23H19Cl2N3. The molecule has 0 saturated heterocycles. The summed E-state index contributed by atoms with van der Waals surface area (Å²) in [5, 5.41) is 6.82. The van der Waals surface area contributed by atoms with Gasteiger partial charge in [-0.1, -0.05) is 77.8 Å². The number of benzene rings is 3. The van der Waals surface area contributed by atoms with Crippen molar-refractivity contribution in [2.24, 2.45) is 5.10 Å². The summed E-state index contributed by atoms with van der Waals surface area (Å²) in [5.74, 6) is 0. The number of hydrogen-bond donors (Lipinski definition) is 1. The van der Waals surface area contributed by atoms with E-state index in [0.717, 1.165) is 17.7 Å². The van der Waals surface area contributed by atoms with Crippen LogP contribution >= 0.6 is 23.2 Å². The van der Waals surface area contributed by atoms with Crippen LogP contribution in [0.15, 0.2) is 84.1 Å². The Balaban J connectivity index is 1.54. The second-order valence-electron chi connectivity index (χ2n) is 6.51. The van der Waals surface area contributed by atoms with E-state index in [9.17, 15) is 0 Å². The molecule has 0 fully saturated rings. The van der Waals surface area contributed by atoms with Crippen molar-refractivity contribution in [3.05, 3.63) is 106 Å². The average Bonchev–Trinajstić information content (AvgIpc) is 3.05. The van der Waals surface area contributed by atoms with Crippen LogP contribution in [-0.4, -0.2) is 10.8 Å². The fourth-order valence-corrected chi connectivity index (χ4v) is 3.76. The summed E-state index contributed by atoms with van der Waals surface area (Å²) in [6.45, 7) is 1.29. The Labute approximate surface area is 174 Å². The highest BCUT2D eigenvalue weighted by molar-refractivity contribution is 6.35. The maximum atomic E-state index is 6.20. The normalized spacial score (nSPS) is 11.4. The highest BCUT2D eigenvalue weighted by atomic mass is 35.5. The molecule has 4 rings (SSSR count). The Morgan fingerprint density at radius 1 is 0.857 bits per heavy atom. The lowest BCUT2D eigenvalue weighted by molar-refractivity contribution is 0.748. The van der Waals surface area contributed by atoms with Gasteiger partial charge in [-0.25, -0.2) is 0 Å². The fourth-order valence-electron chi connectivity index (χ4n) is 3.23. The third-order valence-electron chi connectivity index (χ3n) is 4.63. The van der Waals surface area contributed by atoms with E-state index in [1.165, 1.54) is 16.5 Å². The Morgan fingerprint density at radius 3 is 2.36 bits per heavy atom. The zero-order valence-corrected chi connectivity index (χ0v) is 16.7. The maximum absolute atomic E-state index is 6.20. The molecule has 0 unspecified atom stereocenters. The summed E-state index contributed by atoms with van der Waals surface area (Å²) >= 11 is 12.4. The number of hydrogen-bond acceptors (Lipinski definition) is 2. The van der Waals surface area contributed by atoms with Crippen LogP contribution in [0.3, 0.4) is 0 Å². The van der Waals surface area contributed by atoms with Crippen LogP contribution in [0.4, 0.5) is 0 Å². The van der Waals surface area contributed by atoms with Gasteiger partial charge in [-0.05, 0) is 23.8 Å². The Bertz CT molecular complexity index is 1100. The molecule has 0 saturated carbocycles. The minimum Gasteiger partial charge on any atom is -0.342 e. The van der Waals surface area contributed by atoms with Gasteiger partial charge in [-0.2, -0.15) is 5.10 Å². The minimum absolute atomic E-state index is 0.470. The Kier molecular flexibility index (Phi) is 5.65. The van der Waals surface area contributed by atoms with Gasteiger partial charge in [0.2, 0.25) is 0 Å². The molecule has 3 nitrogen and oxygen atoms in total. The number of fused-ring (bicyclic) bond motifs is 1. The highest BCUT2D eigenvalue weighted by Crippen LogP contribution is 2.24. The molecule has 0 radical (unpaired) electrons. The van der Waals surface area contributed by atoms with Gasteiger partial charge >= 0.3 is 0 Å². The molecule has 0 aliphatic heterocycles. The summed E-state index contributed by atoms with van der Waals surface area (Å²) in [4.78, 5) is 0. The third kappa shape index (κ3) is 4.06. The van der Waals surface area contributed by atoms with Crippen LogP contribution in [0.25, 0.3) is 10.9 Å². The summed E-state index contributed by atoms with van der Waals surface area (Å²) in [6.07, 6.45) is 3.97. The number of nitrogens with one attached hydrogen (secondary N) is 1. The van der Waals surface area contributed by atoms with Gasteiger partial charge < -0.3 is 9.99 Å². The lowest BCUT2D eigenvalue weighted by Crippen LogP contribution is -2.06. The fraction of sp³-hybridized carbons (Fsp3) is 0.0870. The first-order valence-corrected chi connectivity index (χ1v) is 9.78. The lowest BCUT2D eigenvalue weighted by atomic mass is 10.2. The summed E-state index contributed by atoms with van der Waals surface area (Å²) in [7, 11) is 0. The van der Waals surface area contributed by atoms with Gasteiger partial charge in [0.05, 0.1) is 12.8 Å². The first-order chi connectivity index (χ1) is 13.7. The number of rotatable bonds is 6. The number of para-hydroxylation sites is 1. The van der Waals surface area contributed by atoms with Crippen molar-refractivity contribution in [1.29, 1.82) is 0 Å². The first-order valence-electron chi connectivity index (χ1n) is 9.03. The monoisotopic (exact) mass is 407 g/mol. The van der Waals surface area contributed by atoms with Crippen LogP contribution in [0.1, 0.15) is 16.7 Å². The van der Waals surface area contributed by atoms with Crippen LogP contribution in [0.2, 0.25) is 10.0 Å². The molecule has 0 spiro atoms. The van der Waals surface area contributed by atoms with Crippen LogP contribution in [0.5, 0.6) is 0 Å². The second kappa shape index (κ2) is 8.51. The molecule has 1 N–H and O–H groups in total. The largest absolute Gasteiger partial charge is 0.342 e. The number of nitrogens with zero attached hydrogens (tertiary/aromatic N) is 2. The highest BCUT2D eigenvalue weighted by Gasteiger charge is 2.07. The smallest absolute Gasteiger partial charge is 0.0609 e. The van der Waals surface area contributed by atoms with Crippen molar-refractivity contribution in [1.82, 2.24) is 9.99 Å². The molecule has 0 bridgehead atoms. The van der Waals surface area contributed by atoms with Crippen LogP contribution in [-0.2, 0) is 13.1 Å².